The zero-order valence-electron chi connectivity index (χ0n) is 13.3. The second-order valence-electron chi connectivity index (χ2n) is 5.31. The molecule has 1 aromatic carbocycles. The minimum Gasteiger partial charge on any atom is -0.301 e. The van der Waals surface area contributed by atoms with Crippen molar-refractivity contribution in [2.45, 2.75) is 25.0 Å². The maximum atomic E-state index is 12.0. The van der Waals surface area contributed by atoms with E-state index >= 15 is 0 Å². The van der Waals surface area contributed by atoms with E-state index < -0.39 is 0 Å². The lowest BCUT2D eigenvalue weighted by Crippen LogP contribution is -2.14. The molecule has 2 heterocycles. The number of aromatic nitrogens is 4. The Morgan fingerprint density at radius 1 is 1.29 bits per heavy atom. The highest BCUT2D eigenvalue weighted by molar-refractivity contribution is 7.99. The minimum atomic E-state index is -0.102. The normalized spacial score (nSPS) is 11.0. The third-order valence-electron chi connectivity index (χ3n) is 3.22. The number of thioether (sulfide) groups is 1. The summed E-state index contributed by atoms with van der Waals surface area (Å²) < 4.78 is 2.05. The van der Waals surface area contributed by atoms with Crippen molar-refractivity contribution in [2.75, 3.05) is 11.1 Å². The average Bonchev–Trinajstić information content (AvgIpc) is 3.23. The van der Waals surface area contributed by atoms with E-state index in [2.05, 4.69) is 38.9 Å². The van der Waals surface area contributed by atoms with Gasteiger partial charge in [0.25, 0.3) is 0 Å². The van der Waals surface area contributed by atoms with Crippen LogP contribution in [0.5, 0.6) is 0 Å². The van der Waals surface area contributed by atoms with Gasteiger partial charge in [-0.25, -0.2) is 4.98 Å². The van der Waals surface area contributed by atoms with Gasteiger partial charge >= 0.3 is 0 Å². The molecule has 0 aliphatic carbocycles. The van der Waals surface area contributed by atoms with E-state index in [4.69, 9.17) is 0 Å². The van der Waals surface area contributed by atoms with Crippen LogP contribution in [0.15, 0.2) is 47.1 Å². The molecular formula is C16H17N5OS2. The third-order valence-corrected chi connectivity index (χ3v) is 4.86. The van der Waals surface area contributed by atoms with Crippen LogP contribution in [0.25, 0.3) is 11.4 Å². The monoisotopic (exact) mass is 359 g/mol. The predicted octanol–water partition coefficient (Wildman–Crippen LogP) is 3.71. The highest BCUT2D eigenvalue weighted by Gasteiger charge is 2.17. The van der Waals surface area contributed by atoms with E-state index in [0.29, 0.717) is 5.13 Å². The van der Waals surface area contributed by atoms with Crippen LogP contribution < -0.4 is 5.32 Å². The number of amides is 1. The first kappa shape index (κ1) is 16.7. The molecule has 24 heavy (non-hydrogen) atoms. The second kappa shape index (κ2) is 7.59. The number of hydrogen-bond donors (Lipinski definition) is 1. The van der Waals surface area contributed by atoms with Crippen LogP contribution >= 0.6 is 23.1 Å². The Kier molecular flexibility index (Phi) is 5.27. The molecule has 1 N–H and O–H groups in total. The predicted molar refractivity (Wildman–Crippen MR) is 97.3 cm³/mol. The number of carbonyl (C=O) groups excluding carboxylic acids is 1. The summed E-state index contributed by atoms with van der Waals surface area (Å²) in [6.07, 6.45) is 1.66. The Labute approximate surface area is 148 Å². The number of hydrogen-bond acceptors (Lipinski definition) is 6. The summed E-state index contributed by atoms with van der Waals surface area (Å²) in [4.78, 5) is 16.1. The Morgan fingerprint density at radius 3 is 2.75 bits per heavy atom. The first-order valence-electron chi connectivity index (χ1n) is 7.47. The molecule has 2 aromatic heterocycles. The van der Waals surface area contributed by atoms with Crippen molar-refractivity contribution < 1.29 is 4.79 Å². The van der Waals surface area contributed by atoms with E-state index in [9.17, 15) is 4.79 Å². The molecule has 0 spiro atoms. The van der Waals surface area contributed by atoms with E-state index in [1.54, 1.807) is 6.20 Å². The van der Waals surface area contributed by atoms with Crippen molar-refractivity contribution in [2.24, 2.45) is 0 Å². The molecule has 0 saturated carbocycles. The van der Waals surface area contributed by atoms with Gasteiger partial charge in [-0.1, -0.05) is 42.1 Å². The number of nitrogens with one attached hydrogen (secondary N) is 1. The summed E-state index contributed by atoms with van der Waals surface area (Å²) >= 11 is 2.77. The fraction of sp³-hybridized carbons (Fsp3) is 0.250. The van der Waals surface area contributed by atoms with E-state index in [1.165, 1.54) is 23.1 Å². The molecule has 1 amide bonds. The number of nitrogens with zero attached hydrogens (tertiary/aromatic N) is 4. The molecule has 3 aromatic rings. The fourth-order valence-electron chi connectivity index (χ4n) is 2.20. The van der Waals surface area contributed by atoms with Crippen LogP contribution in [-0.2, 0) is 4.79 Å². The Morgan fingerprint density at radius 2 is 2.08 bits per heavy atom. The average molecular weight is 359 g/mol. The van der Waals surface area contributed by atoms with Gasteiger partial charge in [-0.3, -0.25) is 9.36 Å². The quantitative estimate of drug-likeness (QED) is 0.679. The molecule has 3 rings (SSSR count). The number of carbonyl (C=O) groups is 1. The van der Waals surface area contributed by atoms with E-state index in [-0.39, 0.29) is 17.7 Å². The summed E-state index contributed by atoms with van der Waals surface area (Å²) in [5.74, 6) is 0.974. The third kappa shape index (κ3) is 3.82. The van der Waals surface area contributed by atoms with Crippen molar-refractivity contribution in [1.29, 1.82) is 0 Å². The molecular weight excluding hydrogens is 342 g/mol. The van der Waals surface area contributed by atoms with Crippen LogP contribution in [0.3, 0.4) is 0 Å². The van der Waals surface area contributed by atoms with Crippen molar-refractivity contribution in [3.8, 4) is 11.4 Å². The summed E-state index contributed by atoms with van der Waals surface area (Å²) in [6, 6.07) is 10.1. The molecule has 0 bridgehead atoms. The van der Waals surface area contributed by atoms with Crippen LogP contribution in [0.4, 0.5) is 5.13 Å². The fourth-order valence-corrected chi connectivity index (χ4v) is 3.61. The molecule has 6 nitrogen and oxygen atoms in total. The van der Waals surface area contributed by atoms with Crippen molar-refractivity contribution in [1.82, 2.24) is 19.7 Å². The molecule has 0 saturated heterocycles. The Hall–Kier alpha value is -2.19. The molecule has 0 unspecified atom stereocenters. The van der Waals surface area contributed by atoms with E-state index in [0.717, 1.165) is 16.5 Å². The lowest BCUT2D eigenvalue weighted by atomic mass is 10.2. The molecule has 8 heteroatoms. The Balaban J connectivity index is 1.74. The summed E-state index contributed by atoms with van der Waals surface area (Å²) in [7, 11) is 0. The van der Waals surface area contributed by atoms with Crippen LogP contribution in [-0.4, -0.2) is 31.4 Å². The SMILES string of the molecule is CC(C)n1c(SCC(=O)Nc2nccs2)nnc1-c1ccccc1. The number of benzene rings is 1. The van der Waals surface area contributed by atoms with Gasteiger partial charge in [-0.2, -0.15) is 0 Å². The summed E-state index contributed by atoms with van der Waals surface area (Å²) in [6.45, 7) is 4.16. The molecule has 124 valence electrons. The summed E-state index contributed by atoms with van der Waals surface area (Å²) in [5, 5.41) is 14.5. The first-order chi connectivity index (χ1) is 11.6. The van der Waals surface area contributed by atoms with Crippen LogP contribution in [0.1, 0.15) is 19.9 Å². The molecule has 0 radical (unpaired) electrons. The van der Waals surface area contributed by atoms with Crippen molar-refractivity contribution >= 4 is 34.1 Å². The zero-order chi connectivity index (χ0) is 16.9. The lowest BCUT2D eigenvalue weighted by molar-refractivity contribution is -0.113. The van der Waals surface area contributed by atoms with Gasteiger partial charge in [0.05, 0.1) is 5.75 Å². The highest BCUT2D eigenvalue weighted by Crippen LogP contribution is 2.27. The zero-order valence-corrected chi connectivity index (χ0v) is 15.0. The minimum absolute atomic E-state index is 0.102. The molecule has 0 aliphatic rings. The Bertz CT molecular complexity index is 799. The number of rotatable bonds is 6. The van der Waals surface area contributed by atoms with Gasteiger partial charge in [-0.05, 0) is 13.8 Å². The maximum absolute atomic E-state index is 12.0. The topological polar surface area (TPSA) is 72.7 Å². The van der Waals surface area contributed by atoms with Gasteiger partial charge in [0.1, 0.15) is 0 Å². The molecule has 0 fully saturated rings. The van der Waals surface area contributed by atoms with Crippen molar-refractivity contribution in [3.05, 3.63) is 41.9 Å². The largest absolute Gasteiger partial charge is 0.301 e. The van der Waals surface area contributed by atoms with Gasteiger partial charge in [0, 0.05) is 23.2 Å². The van der Waals surface area contributed by atoms with Crippen LogP contribution in [0.2, 0.25) is 0 Å². The maximum Gasteiger partial charge on any atom is 0.236 e. The van der Waals surface area contributed by atoms with Gasteiger partial charge < -0.3 is 5.32 Å². The smallest absolute Gasteiger partial charge is 0.236 e. The molecule has 0 aliphatic heterocycles. The highest BCUT2D eigenvalue weighted by atomic mass is 32.2. The second-order valence-corrected chi connectivity index (χ2v) is 7.15. The summed E-state index contributed by atoms with van der Waals surface area (Å²) in [5.41, 5.74) is 1.01. The van der Waals surface area contributed by atoms with Gasteiger partial charge in [0.2, 0.25) is 5.91 Å². The van der Waals surface area contributed by atoms with Crippen molar-refractivity contribution in [3.63, 3.8) is 0 Å². The van der Waals surface area contributed by atoms with Gasteiger partial charge in [-0.15, -0.1) is 21.5 Å². The standard InChI is InChI=1S/C16H17N5OS2/c1-11(2)21-14(12-6-4-3-5-7-12)19-20-16(21)24-10-13(22)18-15-17-8-9-23-15/h3-9,11H,10H2,1-2H3,(H,17,18,22). The van der Waals surface area contributed by atoms with Gasteiger partial charge in [0.15, 0.2) is 16.1 Å². The first-order valence-corrected chi connectivity index (χ1v) is 9.34. The van der Waals surface area contributed by atoms with E-state index in [1.807, 2.05) is 35.7 Å². The van der Waals surface area contributed by atoms with Crippen LogP contribution in [0, 0.1) is 0 Å². The molecule has 0 atom stereocenters. The number of anilines is 1. The number of thiazole rings is 1. The lowest BCUT2D eigenvalue weighted by Gasteiger charge is -2.13.